The Balaban J connectivity index is 1.43. The Morgan fingerprint density at radius 3 is 2.71 bits per heavy atom. The van der Waals surface area contributed by atoms with Gasteiger partial charge in [-0.1, -0.05) is 12.1 Å². The second kappa shape index (κ2) is 6.40. The van der Waals surface area contributed by atoms with E-state index in [2.05, 4.69) is 41.4 Å². The molecule has 3 fully saturated rings. The molecule has 2 bridgehead atoms. The van der Waals surface area contributed by atoms with Crippen LogP contribution in [0.15, 0.2) is 24.3 Å². The maximum absolute atomic E-state index is 12.8. The van der Waals surface area contributed by atoms with Gasteiger partial charge in [-0.15, -0.1) is 0 Å². The van der Waals surface area contributed by atoms with Gasteiger partial charge >= 0.3 is 0 Å². The maximum atomic E-state index is 12.8. The Morgan fingerprint density at radius 2 is 2.00 bits per heavy atom. The molecule has 1 amide bonds. The number of benzene rings is 1. The predicted molar refractivity (Wildman–Crippen MR) is 96.7 cm³/mol. The summed E-state index contributed by atoms with van der Waals surface area (Å²) in [6.45, 7) is 4.37. The molecule has 0 radical (unpaired) electrons. The molecule has 2 saturated carbocycles. The second-order valence-corrected chi connectivity index (χ2v) is 7.96. The molecule has 4 heteroatoms. The molecule has 3 N–H and O–H groups in total. The Labute approximate surface area is 144 Å². The first-order valence-corrected chi connectivity index (χ1v) is 9.54. The molecule has 1 heterocycles. The summed E-state index contributed by atoms with van der Waals surface area (Å²) >= 11 is 0. The summed E-state index contributed by atoms with van der Waals surface area (Å²) < 4.78 is 0. The van der Waals surface area contributed by atoms with Crippen molar-refractivity contribution in [2.75, 3.05) is 18.0 Å². The van der Waals surface area contributed by atoms with E-state index in [1.807, 2.05) is 0 Å². The second-order valence-electron chi connectivity index (χ2n) is 7.96. The number of fused-ring (bicyclic) bond motifs is 2. The molecule has 0 aromatic heterocycles. The van der Waals surface area contributed by atoms with Crippen molar-refractivity contribution < 1.29 is 4.79 Å². The highest BCUT2D eigenvalue weighted by atomic mass is 16.2. The van der Waals surface area contributed by atoms with Crippen LogP contribution in [0.3, 0.4) is 0 Å². The van der Waals surface area contributed by atoms with Crippen LogP contribution in [0.4, 0.5) is 5.69 Å². The van der Waals surface area contributed by atoms with Gasteiger partial charge in [-0.2, -0.15) is 0 Å². The first kappa shape index (κ1) is 15.9. The topological polar surface area (TPSA) is 58.4 Å². The van der Waals surface area contributed by atoms with Gasteiger partial charge in [0.25, 0.3) is 0 Å². The molecule has 5 atom stereocenters. The number of amides is 1. The highest BCUT2D eigenvalue weighted by molar-refractivity contribution is 5.81. The van der Waals surface area contributed by atoms with Crippen LogP contribution in [0.5, 0.6) is 0 Å². The van der Waals surface area contributed by atoms with Crippen molar-refractivity contribution in [1.29, 1.82) is 0 Å². The highest BCUT2D eigenvalue weighted by Crippen LogP contribution is 2.47. The monoisotopic (exact) mass is 327 g/mol. The first-order chi connectivity index (χ1) is 11.6. The standard InChI is InChI=1S/C20H29N3O/c1-13(14-5-4-6-17(12-14)23-9-2-3-10-23)22-20(24)18-15-7-8-16(11-15)19(18)21/h4-6,12-13,15-16,18-19H,2-3,7-11,21H2,1H3,(H,22,24). The van der Waals surface area contributed by atoms with E-state index in [0.29, 0.717) is 11.8 Å². The fraction of sp³-hybridized carbons (Fsp3) is 0.650. The van der Waals surface area contributed by atoms with E-state index in [4.69, 9.17) is 5.73 Å². The molecule has 1 aliphatic heterocycles. The number of carbonyl (C=O) groups excluding carboxylic acids is 1. The molecule has 1 aromatic carbocycles. The summed E-state index contributed by atoms with van der Waals surface area (Å²) in [7, 11) is 0. The molecule has 4 nitrogen and oxygen atoms in total. The van der Waals surface area contributed by atoms with Crippen LogP contribution in [0.1, 0.15) is 50.6 Å². The van der Waals surface area contributed by atoms with E-state index in [1.54, 1.807) is 0 Å². The minimum atomic E-state index is 0.0213. The summed E-state index contributed by atoms with van der Waals surface area (Å²) in [5.41, 5.74) is 8.78. The van der Waals surface area contributed by atoms with E-state index < -0.39 is 0 Å². The van der Waals surface area contributed by atoms with E-state index in [-0.39, 0.29) is 23.9 Å². The quantitative estimate of drug-likeness (QED) is 0.894. The van der Waals surface area contributed by atoms with Gasteiger partial charge in [-0.05, 0) is 68.6 Å². The van der Waals surface area contributed by atoms with Gasteiger partial charge in [0.05, 0.1) is 12.0 Å². The molecule has 24 heavy (non-hydrogen) atoms. The van der Waals surface area contributed by atoms with E-state index in [1.165, 1.54) is 36.9 Å². The van der Waals surface area contributed by atoms with Crippen LogP contribution in [0.25, 0.3) is 0 Å². The summed E-state index contributed by atoms with van der Waals surface area (Å²) in [5.74, 6) is 1.26. The lowest BCUT2D eigenvalue weighted by molar-refractivity contribution is -0.127. The van der Waals surface area contributed by atoms with Crippen molar-refractivity contribution in [3.63, 3.8) is 0 Å². The zero-order chi connectivity index (χ0) is 16.7. The molecule has 2 aliphatic carbocycles. The van der Waals surface area contributed by atoms with Gasteiger partial charge in [0.2, 0.25) is 5.91 Å². The van der Waals surface area contributed by atoms with E-state index in [0.717, 1.165) is 19.5 Å². The minimum Gasteiger partial charge on any atom is -0.372 e. The summed E-state index contributed by atoms with van der Waals surface area (Å²) in [6, 6.07) is 8.73. The van der Waals surface area contributed by atoms with Crippen LogP contribution >= 0.6 is 0 Å². The zero-order valence-electron chi connectivity index (χ0n) is 14.6. The third-order valence-corrected chi connectivity index (χ3v) is 6.48. The largest absolute Gasteiger partial charge is 0.372 e. The SMILES string of the molecule is CC(NC(=O)C1C2CCC(C2)C1N)c1cccc(N2CCCC2)c1. The van der Waals surface area contributed by atoms with Gasteiger partial charge in [0, 0.05) is 24.8 Å². The number of carbonyl (C=O) groups is 1. The number of hydrogen-bond acceptors (Lipinski definition) is 3. The van der Waals surface area contributed by atoms with Crippen LogP contribution in [-0.2, 0) is 4.79 Å². The lowest BCUT2D eigenvalue weighted by Crippen LogP contribution is -2.45. The average molecular weight is 327 g/mol. The Hall–Kier alpha value is -1.55. The minimum absolute atomic E-state index is 0.0213. The fourth-order valence-corrected chi connectivity index (χ4v) is 5.08. The lowest BCUT2D eigenvalue weighted by atomic mass is 9.84. The number of nitrogens with two attached hydrogens (primary N) is 1. The average Bonchev–Trinajstić information content (AvgIpc) is 3.32. The van der Waals surface area contributed by atoms with E-state index in [9.17, 15) is 4.79 Å². The molecular weight excluding hydrogens is 298 g/mol. The molecule has 1 aromatic rings. The summed E-state index contributed by atoms with van der Waals surface area (Å²) in [4.78, 5) is 15.2. The normalized spacial score (nSPS) is 33.0. The van der Waals surface area contributed by atoms with Crippen molar-refractivity contribution in [1.82, 2.24) is 5.32 Å². The molecular formula is C20H29N3O. The van der Waals surface area contributed by atoms with Gasteiger partial charge in [-0.25, -0.2) is 0 Å². The Morgan fingerprint density at radius 1 is 1.25 bits per heavy atom. The number of nitrogens with one attached hydrogen (secondary N) is 1. The lowest BCUT2D eigenvalue weighted by Gasteiger charge is -2.28. The van der Waals surface area contributed by atoms with Crippen LogP contribution in [0.2, 0.25) is 0 Å². The van der Waals surface area contributed by atoms with Crippen molar-refractivity contribution in [3.8, 4) is 0 Å². The third-order valence-electron chi connectivity index (χ3n) is 6.48. The van der Waals surface area contributed by atoms with Crippen molar-refractivity contribution >= 4 is 11.6 Å². The van der Waals surface area contributed by atoms with Gasteiger partial charge in [0.1, 0.15) is 0 Å². The smallest absolute Gasteiger partial charge is 0.225 e. The van der Waals surface area contributed by atoms with Crippen LogP contribution in [0, 0.1) is 17.8 Å². The van der Waals surface area contributed by atoms with Crippen molar-refractivity contribution in [2.45, 2.75) is 51.1 Å². The van der Waals surface area contributed by atoms with Crippen molar-refractivity contribution in [3.05, 3.63) is 29.8 Å². The van der Waals surface area contributed by atoms with Crippen LogP contribution in [-0.4, -0.2) is 25.0 Å². The van der Waals surface area contributed by atoms with Gasteiger partial charge < -0.3 is 16.0 Å². The number of nitrogens with zero attached hydrogens (tertiary/aromatic N) is 1. The first-order valence-electron chi connectivity index (χ1n) is 9.54. The number of hydrogen-bond donors (Lipinski definition) is 2. The Bertz CT molecular complexity index is 609. The third kappa shape index (κ3) is 2.81. The predicted octanol–water partition coefficient (Wildman–Crippen LogP) is 2.84. The van der Waals surface area contributed by atoms with Crippen LogP contribution < -0.4 is 16.0 Å². The molecule has 130 valence electrons. The maximum Gasteiger partial charge on any atom is 0.225 e. The molecule has 0 spiro atoms. The number of anilines is 1. The summed E-state index contributed by atoms with van der Waals surface area (Å²) in [6.07, 6.45) is 6.09. The van der Waals surface area contributed by atoms with Gasteiger partial charge in [-0.3, -0.25) is 4.79 Å². The Kier molecular flexibility index (Phi) is 4.25. The zero-order valence-corrected chi connectivity index (χ0v) is 14.6. The summed E-state index contributed by atoms with van der Waals surface area (Å²) in [5, 5.41) is 3.23. The fourth-order valence-electron chi connectivity index (χ4n) is 5.08. The number of rotatable bonds is 4. The highest BCUT2D eigenvalue weighted by Gasteiger charge is 2.49. The van der Waals surface area contributed by atoms with Gasteiger partial charge in [0.15, 0.2) is 0 Å². The van der Waals surface area contributed by atoms with E-state index >= 15 is 0 Å². The molecule has 4 rings (SSSR count). The molecule has 5 unspecified atom stereocenters. The van der Waals surface area contributed by atoms with Crippen molar-refractivity contribution in [2.24, 2.45) is 23.5 Å². The molecule has 3 aliphatic rings. The molecule has 1 saturated heterocycles.